The topological polar surface area (TPSA) is 25.8 Å². The van der Waals surface area contributed by atoms with Gasteiger partial charge >= 0.3 is 0 Å². The Morgan fingerprint density at radius 3 is 1.46 bits per heavy atom. The molecule has 0 spiro atoms. The molecule has 0 amide bonds. The zero-order valence-corrected chi connectivity index (χ0v) is 28.8. The maximum absolute atomic E-state index is 4.79. The van der Waals surface area contributed by atoms with Gasteiger partial charge in [-0.05, 0) is 113 Å². The Balaban J connectivity index is 1.25. The van der Waals surface area contributed by atoms with Crippen molar-refractivity contribution in [2.24, 2.45) is 0 Å². The van der Waals surface area contributed by atoms with Crippen LogP contribution < -0.4 is 0 Å². The molecule has 2 nitrogen and oxygen atoms in total. The summed E-state index contributed by atoms with van der Waals surface area (Å²) < 4.78 is 0. The molecule has 0 aliphatic heterocycles. The molecule has 0 saturated carbocycles. The summed E-state index contributed by atoms with van der Waals surface area (Å²) in [5.41, 5.74) is 16.7. The van der Waals surface area contributed by atoms with E-state index in [2.05, 4.69) is 155 Å². The van der Waals surface area contributed by atoms with Gasteiger partial charge < -0.3 is 0 Å². The molecule has 0 N–H and O–H groups in total. The van der Waals surface area contributed by atoms with Crippen LogP contribution in [0.5, 0.6) is 0 Å². The number of nitrogens with zero attached hydrogens (tertiary/aromatic N) is 2. The van der Waals surface area contributed by atoms with Gasteiger partial charge in [-0.1, -0.05) is 137 Å². The molecule has 2 heteroatoms. The van der Waals surface area contributed by atoms with Crippen LogP contribution in [-0.2, 0) is 10.8 Å². The second-order valence-electron chi connectivity index (χ2n) is 15.0. The molecule has 0 unspecified atom stereocenters. The number of rotatable bonds is 3. The molecular weight excluding hydrogens is 605 g/mol. The molecule has 8 aromatic rings. The molecular formula is C48H36N2. The van der Waals surface area contributed by atoms with Gasteiger partial charge in [0.05, 0.1) is 0 Å². The summed E-state index contributed by atoms with van der Waals surface area (Å²) >= 11 is 0. The van der Waals surface area contributed by atoms with Crippen LogP contribution in [0.3, 0.4) is 0 Å². The third kappa shape index (κ3) is 3.96. The largest absolute Gasteiger partial charge is 0.237 e. The molecule has 0 radical (unpaired) electrons. The number of hydrogen-bond donors (Lipinski definition) is 0. The van der Waals surface area contributed by atoms with Crippen LogP contribution in [0, 0.1) is 0 Å². The van der Waals surface area contributed by atoms with Crippen molar-refractivity contribution in [2.75, 3.05) is 0 Å². The Morgan fingerprint density at radius 1 is 0.360 bits per heavy atom. The van der Waals surface area contributed by atoms with Crippen molar-refractivity contribution < 1.29 is 0 Å². The van der Waals surface area contributed by atoms with Crippen molar-refractivity contribution in [1.82, 2.24) is 9.97 Å². The van der Waals surface area contributed by atoms with Crippen LogP contribution in [-0.4, -0.2) is 9.97 Å². The van der Waals surface area contributed by atoms with Crippen LogP contribution in [0.25, 0.3) is 77.4 Å². The highest BCUT2D eigenvalue weighted by molar-refractivity contribution is 6.21. The van der Waals surface area contributed by atoms with E-state index in [1.807, 2.05) is 18.5 Å². The summed E-state index contributed by atoms with van der Waals surface area (Å²) in [6.07, 6.45) is 3.69. The summed E-state index contributed by atoms with van der Waals surface area (Å²) in [5, 5.41) is 4.73. The van der Waals surface area contributed by atoms with Gasteiger partial charge in [0.25, 0.3) is 0 Å². The van der Waals surface area contributed by atoms with Crippen LogP contribution in [0.15, 0.2) is 146 Å². The molecule has 7 aromatic carbocycles. The normalized spacial score (nSPS) is 14.7. The lowest BCUT2D eigenvalue weighted by atomic mass is 9.80. The lowest BCUT2D eigenvalue weighted by Crippen LogP contribution is -2.15. The highest BCUT2D eigenvalue weighted by atomic mass is 14.9. The van der Waals surface area contributed by atoms with E-state index in [4.69, 9.17) is 9.97 Å². The predicted molar refractivity (Wildman–Crippen MR) is 208 cm³/mol. The number of aromatic nitrogens is 2. The van der Waals surface area contributed by atoms with E-state index in [0.717, 1.165) is 22.2 Å². The van der Waals surface area contributed by atoms with Gasteiger partial charge in [-0.15, -0.1) is 0 Å². The second-order valence-corrected chi connectivity index (χ2v) is 15.0. The molecule has 0 saturated heterocycles. The van der Waals surface area contributed by atoms with Gasteiger partial charge in [-0.25, -0.2) is 9.97 Å². The van der Waals surface area contributed by atoms with Crippen LogP contribution in [0.4, 0.5) is 0 Å². The monoisotopic (exact) mass is 640 g/mol. The summed E-state index contributed by atoms with van der Waals surface area (Å²) in [5.74, 6) is 0.746. The Kier molecular flexibility index (Phi) is 6.01. The molecule has 0 fully saturated rings. The molecule has 2 aliphatic carbocycles. The Labute approximate surface area is 293 Å². The van der Waals surface area contributed by atoms with E-state index < -0.39 is 0 Å². The average molecular weight is 641 g/mol. The fourth-order valence-corrected chi connectivity index (χ4v) is 9.08. The van der Waals surface area contributed by atoms with Crippen molar-refractivity contribution in [3.8, 4) is 55.9 Å². The lowest BCUT2D eigenvalue weighted by Gasteiger charge is -2.23. The predicted octanol–water partition coefficient (Wildman–Crippen LogP) is 12.4. The van der Waals surface area contributed by atoms with Crippen LogP contribution >= 0.6 is 0 Å². The van der Waals surface area contributed by atoms with Gasteiger partial charge in [0.15, 0.2) is 5.82 Å². The molecule has 238 valence electrons. The molecule has 2 aliphatic rings. The van der Waals surface area contributed by atoms with Crippen molar-refractivity contribution in [1.29, 1.82) is 0 Å². The number of benzene rings is 7. The number of fused-ring (bicyclic) bond motifs is 8. The van der Waals surface area contributed by atoms with Gasteiger partial charge in [-0.2, -0.15) is 0 Å². The van der Waals surface area contributed by atoms with E-state index in [1.165, 1.54) is 77.5 Å². The first kappa shape index (κ1) is 29.1. The fourth-order valence-electron chi connectivity index (χ4n) is 9.08. The highest BCUT2D eigenvalue weighted by Crippen LogP contribution is 2.52. The first-order chi connectivity index (χ1) is 24.3. The Bertz CT molecular complexity index is 2700. The average Bonchev–Trinajstić information content (AvgIpc) is 3.53. The maximum atomic E-state index is 4.79. The van der Waals surface area contributed by atoms with Gasteiger partial charge in [0.2, 0.25) is 0 Å². The molecule has 1 aromatic heterocycles. The molecule has 1 heterocycles. The Hall–Kier alpha value is -5.86. The minimum absolute atomic E-state index is 0.0627. The molecule has 0 atom stereocenters. The van der Waals surface area contributed by atoms with E-state index in [-0.39, 0.29) is 10.8 Å². The number of hydrogen-bond acceptors (Lipinski definition) is 2. The van der Waals surface area contributed by atoms with Gasteiger partial charge in [0, 0.05) is 28.8 Å². The van der Waals surface area contributed by atoms with Crippen molar-refractivity contribution in [3.63, 3.8) is 0 Å². The Morgan fingerprint density at radius 2 is 0.820 bits per heavy atom. The smallest absolute Gasteiger partial charge is 0.160 e. The van der Waals surface area contributed by atoms with Gasteiger partial charge in [0.1, 0.15) is 0 Å². The van der Waals surface area contributed by atoms with E-state index in [9.17, 15) is 0 Å². The minimum Gasteiger partial charge on any atom is -0.237 e. The zero-order chi connectivity index (χ0) is 33.8. The fraction of sp³-hybridized carbons (Fsp3) is 0.125. The van der Waals surface area contributed by atoms with E-state index >= 15 is 0 Å². The van der Waals surface area contributed by atoms with Crippen molar-refractivity contribution in [2.45, 2.75) is 38.5 Å². The van der Waals surface area contributed by atoms with Crippen LogP contribution in [0.2, 0.25) is 0 Å². The first-order valence-electron chi connectivity index (χ1n) is 17.6. The molecule has 50 heavy (non-hydrogen) atoms. The van der Waals surface area contributed by atoms with Gasteiger partial charge in [-0.3, -0.25) is 0 Å². The highest BCUT2D eigenvalue weighted by Gasteiger charge is 2.36. The quantitative estimate of drug-likeness (QED) is 0.180. The maximum Gasteiger partial charge on any atom is 0.160 e. The SMILES string of the molecule is CC1(C)c2ccccc2-c2ccc(-c3ccc4c(-c5ncccn5)c5ccccc5c(-c5ccc6c(c5)C(C)(C)c5ccccc5-6)c4c3)cc21. The van der Waals surface area contributed by atoms with Crippen LogP contribution in [0.1, 0.15) is 49.9 Å². The van der Waals surface area contributed by atoms with Crippen molar-refractivity contribution in [3.05, 3.63) is 168 Å². The van der Waals surface area contributed by atoms with E-state index in [1.54, 1.807) is 0 Å². The third-order valence-corrected chi connectivity index (χ3v) is 11.6. The van der Waals surface area contributed by atoms with Crippen molar-refractivity contribution >= 4 is 21.5 Å². The lowest BCUT2D eigenvalue weighted by molar-refractivity contribution is 0.660. The summed E-state index contributed by atoms with van der Waals surface area (Å²) in [6.45, 7) is 9.43. The summed E-state index contributed by atoms with van der Waals surface area (Å²) in [4.78, 5) is 9.57. The standard InChI is InChI=1S/C48H36N2/c1-47(2)40-16-9-7-12-32(40)34-21-18-30(27-42(34)47)29-19-23-38-39(26-29)44(36-14-5-6-15-37(36)45(38)46-49-24-11-25-50-46)31-20-22-35-33-13-8-10-17-41(33)48(3,4)43(35)28-31/h5-28H,1-4H3. The summed E-state index contributed by atoms with van der Waals surface area (Å²) in [6, 6.07) is 49.6. The first-order valence-corrected chi connectivity index (χ1v) is 17.6. The minimum atomic E-state index is -0.0919. The summed E-state index contributed by atoms with van der Waals surface area (Å²) in [7, 11) is 0. The molecule has 10 rings (SSSR count). The van der Waals surface area contributed by atoms with E-state index in [0.29, 0.717) is 0 Å². The molecule has 0 bridgehead atoms. The third-order valence-electron chi connectivity index (χ3n) is 11.6. The zero-order valence-electron chi connectivity index (χ0n) is 28.8. The second kappa shape index (κ2) is 10.3.